The summed E-state index contributed by atoms with van der Waals surface area (Å²) in [5.41, 5.74) is 1.04. The van der Waals surface area contributed by atoms with E-state index in [0.717, 1.165) is 18.1 Å². The molecule has 21 heavy (non-hydrogen) atoms. The number of fused-ring (bicyclic) bond motifs is 1. The molecule has 0 spiro atoms. The minimum absolute atomic E-state index is 0. The van der Waals surface area contributed by atoms with Crippen LogP contribution in [-0.2, 0) is 6.54 Å². The van der Waals surface area contributed by atoms with E-state index in [1.807, 2.05) is 24.4 Å². The van der Waals surface area contributed by atoms with Gasteiger partial charge in [0.2, 0.25) is 0 Å². The first-order valence-corrected chi connectivity index (χ1v) is 7.04. The molecular weight excluding hydrogens is 375 g/mol. The number of pyridine rings is 1. The van der Waals surface area contributed by atoms with Crippen LogP contribution in [0, 0.1) is 0 Å². The quantitative estimate of drug-likeness (QED) is 0.472. The molecular formula is C16H23IN4. The number of nitrogens with one attached hydrogen (secondary N) is 2. The Bertz CT molecular complexity index is 592. The van der Waals surface area contributed by atoms with Crippen molar-refractivity contribution in [3.05, 3.63) is 42.2 Å². The Morgan fingerprint density at radius 1 is 1.29 bits per heavy atom. The van der Waals surface area contributed by atoms with Gasteiger partial charge in [0.25, 0.3) is 0 Å². The van der Waals surface area contributed by atoms with Crippen molar-refractivity contribution in [2.45, 2.75) is 32.9 Å². The summed E-state index contributed by atoms with van der Waals surface area (Å²) in [6.45, 7) is 4.96. The van der Waals surface area contributed by atoms with Crippen molar-refractivity contribution < 1.29 is 0 Å². The van der Waals surface area contributed by atoms with Crippen LogP contribution in [0.15, 0.2) is 41.5 Å². The van der Waals surface area contributed by atoms with E-state index in [1.165, 1.54) is 10.8 Å². The summed E-state index contributed by atoms with van der Waals surface area (Å²) in [6, 6.07) is 10.7. The molecule has 0 aliphatic carbocycles. The lowest BCUT2D eigenvalue weighted by Gasteiger charge is -2.16. The molecule has 1 heterocycles. The number of hydrogen-bond donors (Lipinski definition) is 2. The van der Waals surface area contributed by atoms with Gasteiger partial charge in [-0.25, -0.2) is 0 Å². The first kappa shape index (κ1) is 17.7. The van der Waals surface area contributed by atoms with Crippen LogP contribution in [-0.4, -0.2) is 24.0 Å². The van der Waals surface area contributed by atoms with Crippen molar-refractivity contribution in [1.82, 2.24) is 15.6 Å². The molecule has 0 aliphatic rings. The SMILES string of the molecule is CCC(C)NC(=NC)NCc1nccc2ccccc12.I. The van der Waals surface area contributed by atoms with Gasteiger partial charge in [-0.1, -0.05) is 31.2 Å². The molecule has 0 saturated carbocycles. The van der Waals surface area contributed by atoms with Crippen molar-refractivity contribution in [3.8, 4) is 0 Å². The third kappa shape index (κ3) is 4.84. The van der Waals surface area contributed by atoms with Crippen LogP contribution in [0.2, 0.25) is 0 Å². The molecule has 2 N–H and O–H groups in total. The van der Waals surface area contributed by atoms with Crippen LogP contribution >= 0.6 is 24.0 Å². The van der Waals surface area contributed by atoms with Gasteiger partial charge in [0.1, 0.15) is 0 Å². The fourth-order valence-electron chi connectivity index (χ4n) is 2.02. The van der Waals surface area contributed by atoms with Crippen molar-refractivity contribution in [3.63, 3.8) is 0 Å². The van der Waals surface area contributed by atoms with Gasteiger partial charge >= 0.3 is 0 Å². The van der Waals surface area contributed by atoms with E-state index in [9.17, 15) is 0 Å². The summed E-state index contributed by atoms with van der Waals surface area (Å²) < 4.78 is 0. The lowest BCUT2D eigenvalue weighted by Crippen LogP contribution is -2.41. The van der Waals surface area contributed by atoms with Gasteiger partial charge in [0.05, 0.1) is 12.2 Å². The van der Waals surface area contributed by atoms with Crippen LogP contribution in [0.3, 0.4) is 0 Å². The van der Waals surface area contributed by atoms with E-state index in [4.69, 9.17) is 0 Å². The lowest BCUT2D eigenvalue weighted by atomic mass is 10.1. The fraction of sp³-hybridized carbons (Fsp3) is 0.375. The molecule has 0 saturated heterocycles. The van der Waals surface area contributed by atoms with E-state index < -0.39 is 0 Å². The molecule has 1 aromatic carbocycles. The summed E-state index contributed by atoms with van der Waals surface area (Å²) in [6.07, 6.45) is 2.91. The van der Waals surface area contributed by atoms with E-state index in [1.54, 1.807) is 7.05 Å². The maximum absolute atomic E-state index is 4.47. The summed E-state index contributed by atoms with van der Waals surface area (Å²) in [4.78, 5) is 8.70. The molecule has 5 heteroatoms. The molecule has 0 radical (unpaired) electrons. The second kappa shape index (κ2) is 8.81. The van der Waals surface area contributed by atoms with E-state index in [0.29, 0.717) is 12.6 Å². The third-order valence-corrected chi connectivity index (χ3v) is 3.40. The van der Waals surface area contributed by atoms with E-state index >= 15 is 0 Å². The summed E-state index contributed by atoms with van der Waals surface area (Å²) in [5, 5.41) is 9.06. The maximum Gasteiger partial charge on any atom is 0.191 e. The smallest absolute Gasteiger partial charge is 0.191 e. The Morgan fingerprint density at radius 3 is 2.76 bits per heavy atom. The van der Waals surface area contributed by atoms with Gasteiger partial charge in [-0.3, -0.25) is 9.98 Å². The van der Waals surface area contributed by atoms with Gasteiger partial charge in [-0.15, -0.1) is 24.0 Å². The Labute approximate surface area is 143 Å². The van der Waals surface area contributed by atoms with Crippen molar-refractivity contribution in [2.75, 3.05) is 7.05 Å². The molecule has 114 valence electrons. The predicted octanol–water partition coefficient (Wildman–Crippen LogP) is 3.32. The molecule has 1 aromatic heterocycles. The molecule has 0 fully saturated rings. The van der Waals surface area contributed by atoms with Gasteiger partial charge in [-0.05, 0) is 24.8 Å². The van der Waals surface area contributed by atoms with E-state index in [-0.39, 0.29) is 24.0 Å². The summed E-state index contributed by atoms with van der Waals surface area (Å²) >= 11 is 0. The van der Waals surface area contributed by atoms with Crippen LogP contribution in [0.25, 0.3) is 10.8 Å². The number of aromatic nitrogens is 1. The zero-order chi connectivity index (χ0) is 14.4. The fourth-order valence-corrected chi connectivity index (χ4v) is 2.02. The largest absolute Gasteiger partial charge is 0.354 e. The first-order chi connectivity index (χ1) is 9.74. The molecule has 0 amide bonds. The average Bonchev–Trinajstić information content (AvgIpc) is 2.51. The van der Waals surface area contributed by atoms with Gasteiger partial charge in [0.15, 0.2) is 5.96 Å². The van der Waals surface area contributed by atoms with Gasteiger partial charge in [0, 0.05) is 24.7 Å². The molecule has 1 atom stereocenters. The third-order valence-electron chi connectivity index (χ3n) is 3.40. The molecule has 2 aromatic rings. The van der Waals surface area contributed by atoms with Crippen LogP contribution in [0.5, 0.6) is 0 Å². The van der Waals surface area contributed by atoms with E-state index in [2.05, 4.69) is 46.6 Å². The zero-order valence-corrected chi connectivity index (χ0v) is 15.1. The standard InChI is InChI=1S/C16H22N4.HI/c1-4-12(2)20-16(17-3)19-11-15-14-8-6-5-7-13(14)9-10-18-15;/h5-10,12H,4,11H2,1-3H3,(H2,17,19,20);1H. The average molecular weight is 398 g/mol. The Morgan fingerprint density at radius 2 is 2.05 bits per heavy atom. The Balaban J connectivity index is 0.00000220. The Hall–Kier alpha value is -1.37. The highest BCUT2D eigenvalue weighted by atomic mass is 127. The zero-order valence-electron chi connectivity index (χ0n) is 12.8. The van der Waals surface area contributed by atoms with Gasteiger partial charge in [-0.2, -0.15) is 0 Å². The normalized spacial score (nSPS) is 12.6. The van der Waals surface area contributed by atoms with Crippen LogP contribution in [0.1, 0.15) is 26.0 Å². The molecule has 2 rings (SSSR count). The second-order valence-electron chi connectivity index (χ2n) is 4.86. The molecule has 0 bridgehead atoms. The topological polar surface area (TPSA) is 49.3 Å². The number of benzene rings is 1. The Kier molecular flexibility index (Phi) is 7.42. The number of aliphatic imine (C=N–C) groups is 1. The molecule has 1 unspecified atom stereocenters. The van der Waals surface area contributed by atoms with Crippen molar-refractivity contribution in [1.29, 1.82) is 0 Å². The minimum atomic E-state index is 0. The van der Waals surface area contributed by atoms with Crippen LogP contribution < -0.4 is 10.6 Å². The number of hydrogen-bond acceptors (Lipinski definition) is 2. The second-order valence-corrected chi connectivity index (χ2v) is 4.86. The van der Waals surface area contributed by atoms with Crippen molar-refractivity contribution >= 4 is 40.7 Å². The van der Waals surface area contributed by atoms with Crippen LogP contribution in [0.4, 0.5) is 0 Å². The minimum Gasteiger partial charge on any atom is -0.354 e. The van der Waals surface area contributed by atoms with Gasteiger partial charge < -0.3 is 10.6 Å². The number of guanidine groups is 1. The first-order valence-electron chi connectivity index (χ1n) is 7.04. The number of nitrogens with zero attached hydrogens (tertiary/aromatic N) is 2. The molecule has 4 nitrogen and oxygen atoms in total. The summed E-state index contributed by atoms with van der Waals surface area (Å²) in [7, 11) is 1.79. The maximum atomic E-state index is 4.47. The number of rotatable bonds is 4. The predicted molar refractivity (Wildman–Crippen MR) is 100 cm³/mol. The number of halogens is 1. The summed E-state index contributed by atoms with van der Waals surface area (Å²) in [5.74, 6) is 0.814. The highest BCUT2D eigenvalue weighted by Gasteiger charge is 2.05. The monoisotopic (exact) mass is 398 g/mol. The highest BCUT2D eigenvalue weighted by molar-refractivity contribution is 14.0. The molecule has 0 aliphatic heterocycles. The van der Waals surface area contributed by atoms with Crippen molar-refractivity contribution in [2.24, 2.45) is 4.99 Å². The lowest BCUT2D eigenvalue weighted by molar-refractivity contribution is 0.623. The highest BCUT2D eigenvalue weighted by Crippen LogP contribution is 2.15.